The van der Waals surface area contributed by atoms with Crippen molar-refractivity contribution in [2.75, 3.05) is 24.3 Å². The van der Waals surface area contributed by atoms with Crippen molar-refractivity contribution in [3.63, 3.8) is 0 Å². The van der Waals surface area contributed by atoms with Crippen LogP contribution in [0.5, 0.6) is 0 Å². The van der Waals surface area contributed by atoms with Gasteiger partial charge in [-0.25, -0.2) is 14.6 Å². The number of anilines is 2. The van der Waals surface area contributed by atoms with E-state index in [1.54, 1.807) is 35.4 Å². The molecule has 3 rings (SSSR count). The molecule has 0 unspecified atom stereocenters. The zero-order valence-electron chi connectivity index (χ0n) is 12.4. The average Bonchev–Trinajstić information content (AvgIpc) is 3.16. The minimum absolute atomic E-state index is 0.225. The first-order chi connectivity index (χ1) is 11.0. The summed E-state index contributed by atoms with van der Waals surface area (Å²) in [5.74, 6) is 0.404. The summed E-state index contributed by atoms with van der Waals surface area (Å²) in [6, 6.07) is 3.37. The second kappa shape index (κ2) is 6.35. The van der Waals surface area contributed by atoms with E-state index >= 15 is 0 Å². The normalized spacial score (nSPS) is 10.6. The minimum Gasteiger partial charge on any atom is -0.373 e. The SMILES string of the molecule is CN(C)c1cncnc1-n1cc(NC(=O)c2ccc(Cl)s2)cn1. The highest BCUT2D eigenvalue weighted by Gasteiger charge is 2.13. The zero-order chi connectivity index (χ0) is 16.4. The summed E-state index contributed by atoms with van der Waals surface area (Å²) in [5.41, 5.74) is 1.39. The van der Waals surface area contributed by atoms with E-state index in [2.05, 4.69) is 20.4 Å². The van der Waals surface area contributed by atoms with Gasteiger partial charge >= 0.3 is 0 Å². The van der Waals surface area contributed by atoms with Crippen LogP contribution in [0.15, 0.2) is 37.1 Å². The number of nitrogens with one attached hydrogen (secondary N) is 1. The Morgan fingerprint density at radius 1 is 1.35 bits per heavy atom. The van der Waals surface area contributed by atoms with Gasteiger partial charge in [-0.3, -0.25) is 4.79 Å². The summed E-state index contributed by atoms with van der Waals surface area (Å²) in [6.45, 7) is 0. The molecule has 118 valence electrons. The molecule has 0 fully saturated rings. The van der Waals surface area contributed by atoms with E-state index in [4.69, 9.17) is 11.6 Å². The molecule has 0 saturated carbocycles. The first-order valence-electron chi connectivity index (χ1n) is 6.63. The van der Waals surface area contributed by atoms with Crippen LogP contribution < -0.4 is 10.2 Å². The molecule has 0 aliphatic rings. The molecule has 1 N–H and O–H groups in total. The quantitative estimate of drug-likeness (QED) is 0.784. The molecule has 0 radical (unpaired) electrons. The van der Waals surface area contributed by atoms with Gasteiger partial charge in [0, 0.05) is 14.1 Å². The fraction of sp³-hybridized carbons (Fsp3) is 0.143. The largest absolute Gasteiger partial charge is 0.373 e. The second-order valence-electron chi connectivity index (χ2n) is 4.86. The summed E-state index contributed by atoms with van der Waals surface area (Å²) >= 11 is 7.07. The lowest BCUT2D eigenvalue weighted by Crippen LogP contribution is -2.14. The first kappa shape index (κ1) is 15.4. The lowest BCUT2D eigenvalue weighted by Gasteiger charge is -2.14. The van der Waals surface area contributed by atoms with Crippen molar-refractivity contribution < 1.29 is 4.79 Å². The predicted octanol–water partition coefficient (Wildman–Crippen LogP) is 2.70. The molecule has 0 atom stereocenters. The number of nitrogens with zero attached hydrogens (tertiary/aromatic N) is 5. The fourth-order valence-corrected chi connectivity index (χ4v) is 2.88. The van der Waals surface area contributed by atoms with E-state index in [9.17, 15) is 4.79 Å². The van der Waals surface area contributed by atoms with E-state index in [1.807, 2.05) is 19.0 Å². The fourth-order valence-electron chi connectivity index (χ4n) is 1.94. The minimum atomic E-state index is -0.225. The van der Waals surface area contributed by atoms with Crippen LogP contribution in [0.2, 0.25) is 4.34 Å². The van der Waals surface area contributed by atoms with Crippen molar-refractivity contribution in [2.45, 2.75) is 0 Å². The van der Waals surface area contributed by atoms with Gasteiger partial charge in [-0.1, -0.05) is 11.6 Å². The number of hydrogen-bond donors (Lipinski definition) is 1. The predicted molar refractivity (Wildman–Crippen MR) is 90.8 cm³/mol. The van der Waals surface area contributed by atoms with Gasteiger partial charge in [0.1, 0.15) is 12.0 Å². The molecule has 1 amide bonds. The van der Waals surface area contributed by atoms with Gasteiger partial charge in [0.2, 0.25) is 0 Å². The lowest BCUT2D eigenvalue weighted by molar-refractivity contribution is 0.103. The van der Waals surface area contributed by atoms with E-state index in [1.165, 1.54) is 17.7 Å². The molecule has 9 heteroatoms. The van der Waals surface area contributed by atoms with Crippen molar-refractivity contribution in [3.8, 4) is 5.82 Å². The molecule has 0 aliphatic carbocycles. The van der Waals surface area contributed by atoms with Gasteiger partial charge in [-0.05, 0) is 12.1 Å². The van der Waals surface area contributed by atoms with Crippen LogP contribution in [-0.4, -0.2) is 39.8 Å². The second-order valence-corrected chi connectivity index (χ2v) is 6.57. The molecule has 7 nitrogen and oxygen atoms in total. The van der Waals surface area contributed by atoms with Crippen molar-refractivity contribution in [1.29, 1.82) is 0 Å². The molecule has 23 heavy (non-hydrogen) atoms. The standard InChI is InChI=1S/C14H13ClN6OS/c1-20(2)10-6-16-8-17-13(10)21-7-9(5-18-21)19-14(22)11-3-4-12(15)23-11/h3-8H,1-2H3,(H,19,22). The number of rotatable bonds is 4. The first-order valence-corrected chi connectivity index (χ1v) is 7.83. The number of amides is 1. The Labute approximate surface area is 141 Å². The number of aromatic nitrogens is 4. The van der Waals surface area contributed by atoms with Gasteiger partial charge in [-0.15, -0.1) is 11.3 Å². The van der Waals surface area contributed by atoms with Crippen LogP contribution in [0.3, 0.4) is 0 Å². The van der Waals surface area contributed by atoms with Gasteiger partial charge in [0.15, 0.2) is 5.82 Å². The zero-order valence-corrected chi connectivity index (χ0v) is 14.0. The van der Waals surface area contributed by atoms with Crippen LogP contribution in [-0.2, 0) is 0 Å². The molecular weight excluding hydrogens is 336 g/mol. The van der Waals surface area contributed by atoms with E-state index < -0.39 is 0 Å². The topological polar surface area (TPSA) is 75.9 Å². The Morgan fingerprint density at radius 2 is 2.17 bits per heavy atom. The lowest BCUT2D eigenvalue weighted by atomic mass is 10.4. The maximum absolute atomic E-state index is 12.1. The maximum Gasteiger partial charge on any atom is 0.265 e. The Morgan fingerprint density at radius 3 is 2.87 bits per heavy atom. The van der Waals surface area contributed by atoms with Crippen LogP contribution in [0.1, 0.15) is 9.67 Å². The van der Waals surface area contributed by atoms with Gasteiger partial charge < -0.3 is 10.2 Å². The monoisotopic (exact) mass is 348 g/mol. The summed E-state index contributed by atoms with van der Waals surface area (Å²) < 4.78 is 2.16. The van der Waals surface area contributed by atoms with E-state index in [-0.39, 0.29) is 5.91 Å². The van der Waals surface area contributed by atoms with Crippen LogP contribution in [0, 0.1) is 0 Å². The van der Waals surface area contributed by atoms with E-state index in [0.717, 1.165) is 5.69 Å². The molecule has 0 bridgehead atoms. The highest BCUT2D eigenvalue weighted by molar-refractivity contribution is 7.18. The van der Waals surface area contributed by atoms with Crippen molar-refractivity contribution in [3.05, 3.63) is 46.3 Å². The number of carbonyl (C=O) groups is 1. The molecule has 3 heterocycles. The van der Waals surface area contributed by atoms with Crippen LogP contribution in [0.25, 0.3) is 5.82 Å². The van der Waals surface area contributed by atoms with Crippen molar-refractivity contribution in [2.24, 2.45) is 0 Å². The highest BCUT2D eigenvalue weighted by atomic mass is 35.5. The van der Waals surface area contributed by atoms with Crippen LogP contribution >= 0.6 is 22.9 Å². The van der Waals surface area contributed by atoms with E-state index in [0.29, 0.717) is 20.7 Å². The summed E-state index contributed by atoms with van der Waals surface area (Å²) in [5, 5.41) is 7.03. The van der Waals surface area contributed by atoms with Crippen molar-refractivity contribution in [1.82, 2.24) is 19.7 Å². The van der Waals surface area contributed by atoms with Gasteiger partial charge in [-0.2, -0.15) is 5.10 Å². The molecule has 0 saturated heterocycles. The molecule has 0 aromatic carbocycles. The molecule has 0 aliphatic heterocycles. The molecule has 3 aromatic rings. The van der Waals surface area contributed by atoms with Crippen molar-refractivity contribution >= 4 is 40.2 Å². The third kappa shape index (κ3) is 3.33. The maximum atomic E-state index is 12.1. The molecule has 0 spiro atoms. The smallest absolute Gasteiger partial charge is 0.265 e. The number of carbonyl (C=O) groups excluding carboxylic acids is 1. The summed E-state index contributed by atoms with van der Waals surface area (Å²) in [6.07, 6.45) is 6.42. The average molecular weight is 349 g/mol. The number of hydrogen-bond acceptors (Lipinski definition) is 6. The third-order valence-electron chi connectivity index (χ3n) is 3.01. The molecular formula is C14H13ClN6OS. The molecule has 3 aromatic heterocycles. The Hall–Kier alpha value is -2.45. The Kier molecular flexibility index (Phi) is 4.26. The van der Waals surface area contributed by atoms with Gasteiger partial charge in [0.05, 0.1) is 33.5 Å². The summed E-state index contributed by atoms with van der Waals surface area (Å²) in [7, 11) is 3.80. The third-order valence-corrected chi connectivity index (χ3v) is 4.24. The highest BCUT2D eigenvalue weighted by Crippen LogP contribution is 2.23. The van der Waals surface area contributed by atoms with Crippen LogP contribution in [0.4, 0.5) is 11.4 Å². The Bertz CT molecular complexity index is 843. The van der Waals surface area contributed by atoms with Gasteiger partial charge in [0.25, 0.3) is 5.91 Å². The summed E-state index contributed by atoms with van der Waals surface area (Å²) in [4.78, 5) is 22.8. The number of halogens is 1. The Balaban J connectivity index is 1.83. The number of thiophene rings is 1.